The first-order valence-electron chi connectivity index (χ1n) is 7.39. The smallest absolute Gasteiger partial charge is 0.0708 e. The third kappa shape index (κ3) is 2.37. The Balaban J connectivity index is 2.09. The van der Waals surface area contributed by atoms with Crippen LogP contribution in [0.2, 0.25) is 0 Å². The van der Waals surface area contributed by atoms with Gasteiger partial charge in [0.2, 0.25) is 0 Å². The molecule has 1 aromatic heterocycles. The zero-order valence-electron chi connectivity index (χ0n) is 11.9. The maximum absolute atomic E-state index is 4.90. The first-order chi connectivity index (χ1) is 9.29. The molecule has 2 nitrogen and oxygen atoms in total. The van der Waals surface area contributed by atoms with Gasteiger partial charge in [-0.3, -0.25) is 9.88 Å². The van der Waals surface area contributed by atoms with Gasteiger partial charge in [-0.25, -0.2) is 0 Å². The van der Waals surface area contributed by atoms with E-state index in [1.165, 1.54) is 48.1 Å². The molecule has 100 valence electrons. The molecule has 0 radical (unpaired) electrons. The number of fused-ring (bicyclic) bond motifs is 2. The number of aryl methyl sites for hydroxylation is 2. The second kappa shape index (κ2) is 5.30. The van der Waals surface area contributed by atoms with Gasteiger partial charge in [-0.1, -0.05) is 25.1 Å². The summed E-state index contributed by atoms with van der Waals surface area (Å²) < 4.78 is 0. The molecule has 0 aliphatic carbocycles. The summed E-state index contributed by atoms with van der Waals surface area (Å²) in [4.78, 5) is 7.48. The summed E-state index contributed by atoms with van der Waals surface area (Å²) in [7, 11) is 0. The van der Waals surface area contributed by atoms with Gasteiger partial charge in [0, 0.05) is 17.6 Å². The normalized spacial score (nSPS) is 16.3. The van der Waals surface area contributed by atoms with E-state index < -0.39 is 0 Å². The summed E-state index contributed by atoms with van der Waals surface area (Å²) in [5.41, 5.74) is 5.39. The van der Waals surface area contributed by atoms with E-state index in [4.69, 9.17) is 4.98 Å². The minimum Gasteiger partial charge on any atom is -0.299 e. The first-order valence-corrected chi connectivity index (χ1v) is 7.39. The van der Waals surface area contributed by atoms with Crippen molar-refractivity contribution in [3.05, 3.63) is 41.1 Å². The second-order valence-electron chi connectivity index (χ2n) is 5.56. The highest BCUT2D eigenvalue weighted by atomic mass is 15.1. The van der Waals surface area contributed by atoms with Gasteiger partial charge in [-0.05, 0) is 56.5 Å². The van der Waals surface area contributed by atoms with E-state index in [9.17, 15) is 0 Å². The molecular formula is C17H22N2. The standard InChI is InChI=1S/C17H22N2/c1-3-10-19-11-6-9-17-15(12-19)13(2)14-7-4-5-8-16(14)18-17/h4-5,7-8H,3,6,9-12H2,1-2H3. The van der Waals surface area contributed by atoms with Crippen molar-refractivity contribution in [2.75, 3.05) is 13.1 Å². The molecule has 1 aliphatic rings. The summed E-state index contributed by atoms with van der Waals surface area (Å²) in [6.45, 7) is 8.01. The average molecular weight is 254 g/mol. The molecule has 0 atom stereocenters. The highest BCUT2D eigenvalue weighted by Gasteiger charge is 2.18. The molecule has 3 rings (SSSR count). The van der Waals surface area contributed by atoms with Crippen molar-refractivity contribution in [3.63, 3.8) is 0 Å². The van der Waals surface area contributed by atoms with Gasteiger partial charge in [-0.15, -0.1) is 0 Å². The van der Waals surface area contributed by atoms with Crippen molar-refractivity contribution >= 4 is 10.9 Å². The molecule has 1 aromatic carbocycles. The lowest BCUT2D eigenvalue weighted by Crippen LogP contribution is -2.24. The summed E-state index contributed by atoms with van der Waals surface area (Å²) in [5.74, 6) is 0. The number of hydrogen-bond donors (Lipinski definition) is 0. The number of hydrogen-bond acceptors (Lipinski definition) is 2. The minimum absolute atomic E-state index is 1.08. The van der Waals surface area contributed by atoms with Crippen molar-refractivity contribution < 1.29 is 0 Å². The van der Waals surface area contributed by atoms with Crippen LogP contribution in [0.3, 0.4) is 0 Å². The van der Waals surface area contributed by atoms with E-state index in [2.05, 4.69) is 43.0 Å². The number of para-hydroxylation sites is 1. The Morgan fingerprint density at radius 3 is 2.95 bits per heavy atom. The lowest BCUT2D eigenvalue weighted by atomic mass is 10.00. The Kier molecular flexibility index (Phi) is 3.52. The zero-order valence-corrected chi connectivity index (χ0v) is 11.9. The molecular weight excluding hydrogens is 232 g/mol. The maximum atomic E-state index is 4.90. The number of benzene rings is 1. The number of rotatable bonds is 2. The van der Waals surface area contributed by atoms with Gasteiger partial charge in [0.15, 0.2) is 0 Å². The van der Waals surface area contributed by atoms with Crippen molar-refractivity contribution in [2.45, 2.75) is 39.7 Å². The van der Waals surface area contributed by atoms with Crippen molar-refractivity contribution in [1.29, 1.82) is 0 Å². The van der Waals surface area contributed by atoms with E-state index in [0.717, 1.165) is 18.5 Å². The van der Waals surface area contributed by atoms with Crippen LogP contribution < -0.4 is 0 Å². The van der Waals surface area contributed by atoms with Crippen molar-refractivity contribution in [1.82, 2.24) is 9.88 Å². The van der Waals surface area contributed by atoms with Crippen LogP contribution in [0, 0.1) is 6.92 Å². The molecule has 0 fully saturated rings. The van der Waals surface area contributed by atoms with Crippen LogP contribution in [-0.2, 0) is 13.0 Å². The van der Waals surface area contributed by atoms with Crippen LogP contribution in [0.25, 0.3) is 10.9 Å². The minimum atomic E-state index is 1.08. The van der Waals surface area contributed by atoms with Gasteiger partial charge in [0.05, 0.1) is 5.52 Å². The van der Waals surface area contributed by atoms with E-state index in [1.54, 1.807) is 0 Å². The zero-order chi connectivity index (χ0) is 13.2. The topological polar surface area (TPSA) is 16.1 Å². The molecule has 0 N–H and O–H groups in total. The molecule has 0 unspecified atom stereocenters. The number of nitrogens with zero attached hydrogens (tertiary/aromatic N) is 2. The predicted molar refractivity (Wildman–Crippen MR) is 80.4 cm³/mol. The number of aromatic nitrogens is 1. The molecule has 0 saturated carbocycles. The average Bonchev–Trinajstić information content (AvgIpc) is 2.62. The highest BCUT2D eigenvalue weighted by Crippen LogP contribution is 2.26. The van der Waals surface area contributed by atoms with Crippen LogP contribution in [0.5, 0.6) is 0 Å². The van der Waals surface area contributed by atoms with Crippen LogP contribution in [0.1, 0.15) is 36.6 Å². The van der Waals surface area contributed by atoms with Gasteiger partial charge < -0.3 is 0 Å². The molecule has 1 aliphatic heterocycles. The van der Waals surface area contributed by atoms with Crippen LogP contribution in [-0.4, -0.2) is 23.0 Å². The Morgan fingerprint density at radius 2 is 2.11 bits per heavy atom. The molecule has 19 heavy (non-hydrogen) atoms. The molecule has 0 bridgehead atoms. The van der Waals surface area contributed by atoms with Crippen molar-refractivity contribution in [2.24, 2.45) is 0 Å². The fourth-order valence-electron chi connectivity index (χ4n) is 3.18. The largest absolute Gasteiger partial charge is 0.299 e. The molecule has 0 saturated heterocycles. The van der Waals surface area contributed by atoms with Gasteiger partial charge in [-0.2, -0.15) is 0 Å². The highest BCUT2D eigenvalue weighted by molar-refractivity contribution is 5.83. The molecule has 0 spiro atoms. The van der Waals surface area contributed by atoms with E-state index >= 15 is 0 Å². The molecule has 2 aromatic rings. The Hall–Kier alpha value is -1.41. The molecule has 2 heteroatoms. The van der Waals surface area contributed by atoms with E-state index in [-0.39, 0.29) is 0 Å². The monoisotopic (exact) mass is 254 g/mol. The lowest BCUT2D eigenvalue weighted by molar-refractivity contribution is 0.270. The third-order valence-corrected chi connectivity index (χ3v) is 4.17. The molecule has 2 heterocycles. The van der Waals surface area contributed by atoms with Crippen LogP contribution in [0.15, 0.2) is 24.3 Å². The summed E-state index contributed by atoms with van der Waals surface area (Å²) >= 11 is 0. The van der Waals surface area contributed by atoms with Gasteiger partial charge in [0.25, 0.3) is 0 Å². The van der Waals surface area contributed by atoms with Gasteiger partial charge >= 0.3 is 0 Å². The summed E-state index contributed by atoms with van der Waals surface area (Å²) in [6, 6.07) is 8.54. The molecule has 0 amide bonds. The third-order valence-electron chi connectivity index (χ3n) is 4.17. The summed E-state index contributed by atoms with van der Waals surface area (Å²) in [6.07, 6.45) is 3.59. The number of pyridine rings is 1. The second-order valence-corrected chi connectivity index (χ2v) is 5.56. The van der Waals surface area contributed by atoms with E-state index in [1.807, 2.05) is 0 Å². The Labute approximate surface area is 115 Å². The SMILES string of the molecule is CCCN1CCCc2nc3ccccc3c(C)c2C1. The first kappa shape index (κ1) is 12.6. The summed E-state index contributed by atoms with van der Waals surface area (Å²) in [5, 5.41) is 1.32. The van der Waals surface area contributed by atoms with Gasteiger partial charge in [0.1, 0.15) is 0 Å². The van der Waals surface area contributed by atoms with Crippen LogP contribution >= 0.6 is 0 Å². The fourth-order valence-corrected chi connectivity index (χ4v) is 3.18. The van der Waals surface area contributed by atoms with Crippen LogP contribution in [0.4, 0.5) is 0 Å². The fraction of sp³-hybridized carbons (Fsp3) is 0.471. The Morgan fingerprint density at radius 1 is 1.26 bits per heavy atom. The van der Waals surface area contributed by atoms with E-state index in [0.29, 0.717) is 0 Å². The Bertz CT molecular complexity index is 589. The predicted octanol–water partition coefficient (Wildman–Crippen LogP) is 3.70. The lowest BCUT2D eigenvalue weighted by Gasteiger charge is -2.20. The quantitative estimate of drug-likeness (QED) is 0.812. The maximum Gasteiger partial charge on any atom is 0.0708 e. The van der Waals surface area contributed by atoms with Crippen molar-refractivity contribution in [3.8, 4) is 0 Å².